The molecule has 1 aliphatic heterocycles. The first kappa shape index (κ1) is 22.3. The zero-order valence-electron chi connectivity index (χ0n) is 17.8. The summed E-state index contributed by atoms with van der Waals surface area (Å²) < 4.78 is 13.5. The van der Waals surface area contributed by atoms with Crippen LogP contribution < -0.4 is 14.8 Å². The lowest BCUT2D eigenvalue weighted by atomic mass is 10.1. The fourth-order valence-electron chi connectivity index (χ4n) is 3.48. The molecule has 31 heavy (non-hydrogen) atoms. The van der Waals surface area contributed by atoms with Gasteiger partial charge < -0.3 is 19.9 Å². The van der Waals surface area contributed by atoms with Gasteiger partial charge >= 0.3 is 0 Å². The van der Waals surface area contributed by atoms with Gasteiger partial charge in [0, 0.05) is 5.56 Å². The summed E-state index contributed by atoms with van der Waals surface area (Å²) in [5.41, 5.74) is 2.28. The molecule has 0 radical (unpaired) electrons. The lowest BCUT2D eigenvalue weighted by Crippen LogP contribution is -2.24. The van der Waals surface area contributed by atoms with Gasteiger partial charge in [0.1, 0.15) is 12.4 Å². The summed E-state index contributed by atoms with van der Waals surface area (Å²) in [6, 6.07) is 16.4. The van der Waals surface area contributed by atoms with Crippen LogP contribution in [0.2, 0.25) is 0 Å². The average Bonchev–Trinajstić information content (AvgIpc) is 3.22. The molecule has 0 unspecified atom stereocenters. The molecule has 0 saturated carbocycles. The Morgan fingerprint density at radius 3 is 2.77 bits per heavy atom. The van der Waals surface area contributed by atoms with E-state index >= 15 is 0 Å². The van der Waals surface area contributed by atoms with Crippen LogP contribution in [0.4, 0.5) is 0 Å². The number of carbonyl (C=O) groups is 1. The van der Waals surface area contributed by atoms with Gasteiger partial charge in [-0.2, -0.15) is 5.10 Å². The third kappa shape index (κ3) is 5.82. The van der Waals surface area contributed by atoms with Crippen LogP contribution in [-0.4, -0.2) is 46.6 Å². The lowest BCUT2D eigenvalue weighted by Gasteiger charge is -2.14. The quantitative estimate of drug-likeness (QED) is 0.609. The first-order valence-electron chi connectivity index (χ1n) is 10.3. The summed E-state index contributed by atoms with van der Waals surface area (Å²) in [4.78, 5) is 13.2. The molecule has 0 fully saturated rings. The summed E-state index contributed by atoms with van der Waals surface area (Å²) >= 11 is 0. The van der Waals surface area contributed by atoms with Crippen molar-refractivity contribution in [2.45, 2.75) is 32.4 Å². The molecule has 8 nitrogen and oxygen atoms in total. The lowest BCUT2D eigenvalue weighted by molar-refractivity contribution is -0.122. The largest absolute Gasteiger partial charge is 0.493 e. The Bertz CT molecular complexity index is 975. The Hall–Kier alpha value is -3.39. The van der Waals surface area contributed by atoms with Crippen LogP contribution in [0.1, 0.15) is 30.8 Å². The molecule has 2 N–H and O–H groups in total. The second-order valence-electron chi connectivity index (χ2n) is 7.10. The van der Waals surface area contributed by atoms with Gasteiger partial charge in [0.25, 0.3) is 6.47 Å². The number of carboxylic acid groups (broad SMARTS) is 1. The first-order chi connectivity index (χ1) is 15.2. The molecule has 0 saturated heterocycles. The summed E-state index contributed by atoms with van der Waals surface area (Å²) in [7, 11) is 1.67. The minimum absolute atomic E-state index is 0.114. The zero-order chi connectivity index (χ0) is 22.1. The molecular weight excluding hydrogens is 396 g/mol. The highest BCUT2D eigenvalue weighted by Gasteiger charge is 2.18. The molecule has 2 bridgehead atoms. The van der Waals surface area contributed by atoms with Crippen molar-refractivity contribution in [3.05, 3.63) is 59.9 Å². The molecular formula is C23H28N4O4. The van der Waals surface area contributed by atoms with Crippen LogP contribution in [0.5, 0.6) is 11.5 Å². The smallest absolute Gasteiger partial charge is 0.290 e. The summed E-state index contributed by atoms with van der Waals surface area (Å²) in [5, 5.41) is 15.2. The number of nitrogens with zero attached hydrogens (tertiary/aromatic N) is 3. The van der Waals surface area contributed by atoms with E-state index in [0.29, 0.717) is 13.2 Å². The third-order valence-corrected chi connectivity index (χ3v) is 5.00. The van der Waals surface area contributed by atoms with Gasteiger partial charge in [-0.3, -0.25) is 4.79 Å². The van der Waals surface area contributed by atoms with Crippen molar-refractivity contribution >= 4 is 6.47 Å². The molecule has 3 aromatic rings. The van der Waals surface area contributed by atoms with Crippen LogP contribution in [0.3, 0.4) is 0 Å². The van der Waals surface area contributed by atoms with Crippen molar-refractivity contribution in [1.82, 2.24) is 20.1 Å². The molecule has 164 valence electrons. The topological polar surface area (TPSA) is 98.5 Å². The Labute approximate surface area is 181 Å². The Kier molecular flexibility index (Phi) is 8.00. The fraction of sp³-hybridized carbons (Fsp3) is 0.348. The van der Waals surface area contributed by atoms with Crippen molar-refractivity contribution < 1.29 is 19.4 Å². The number of ether oxygens (including phenoxy) is 2. The number of nitrogens with one attached hydrogen (secondary N) is 1. The molecule has 8 heteroatoms. The van der Waals surface area contributed by atoms with Gasteiger partial charge in [0.15, 0.2) is 17.3 Å². The normalized spacial score (nSPS) is 16.1. The van der Waals surface area contributed by atoms with E-state index < -0.39 is 0 Å². The van der Waals surface area contributed by atoms with Gasteiger partial charge in [-0.25, -0.2) is 9.67 Å². The number of benzene rings is 2. The van der Waals surface area contributed by atoms with Crippen molar-refractivity contribution in [1.29, 1.82) is 0 Å². The number of fused-ring (bicyclic) bond motifs is 3. The average molecular weight is 425 g/mol. The predicted octanol–water partition coefficient (Wildman–Crippen LogP) is 3.33. The number of aryl methyl sites for hydroxylation is 1. The highest BCUT2D eigenvalue weighted by atomic mass is 16.5. The van der Waals surface area contributed by atoms with Crippen molar-refractivity contribution in [2.24, 2.45) is 0 Å². The van der Waals surface area contributed by atoms with Crippen LogP contribution >= 0.6 is 0 Å². The second-order valence-corrected chi connectivity index (χ2v) is 7.10. The molecule has 1 aliphatic rings. The standard InChI is InChI=1S/C22H26N4O2.CH2O2/c1-16-22-24-21(18-8-4-3-5-9-18)25-26(22)13-14-28-20-15-17(7-6-12-23-16)10-11-19(20)27-2;2-1-3/h3-5,8-11,15-16,23H,6-7,12-14H2,1-2H3;1H,(H,2,3)/t16-;/m1./s1. The summed E-state index contributed by atoms with van der Waals surface area (Å²) in [6.07, 6.45) is 2.03. The molecule has 0 aliphatic carbocycles. The Morgan fingerprint density at radius 1 is 1.26 bits per heavy atom. The van der Waals surface area contributed by atoms with Gasteiger partial charge in [-0.05, 0) is 44.0 Å². The zero-order valence-corrected chi connectivity index (χ0v) is 17.8. The van der Waals surface area contributed by atoms with Crippen LogP contribution in [0.15, 0.2) is 48.5 Å². The van der Waals surface area contributed by atoms with Gasteiger partial charge in [-0.1, -0.05) is 36.4 Å². The highest BCUT2D eigenvalue weighted by Crippen LogP contribution is 2.29. The van der Waals surface area contributed by atoms with Crippen LogP contribution in [0, 0.1) is 0 Å². The molecule has 1 atom stereocenters. The number of rotatable bonds is 2. The molecule has 0 amide bonds. The van der Waals surface area contributed by atoms with E-state index in [2.05, 4.69) is 24.4 Å². The number of aromatic nitrogens is 3. The van der Waals surface area contributed by atoms with Crippen LogP contribution in [0.25, 0.3) is 11.4 Å². The maximum Gasteiger partial charge on any atom is 0.290 e. The van der Waals surface area contributed by atoms with Gasteiger partial charge in [0.05, 0.1) is 19.7 Å². The van der Waals surface area contributed by atoms with Crippen molar-refractivity contribution in [3.8, 4) is 22.9 Å². The number of methoxy groups -OCH3 is 1. The highest BCUT2D eigenvalue weighted by molar-refractivity contribution is 5.54. The fourth-order valence-corrected chi connectivity index (χ4v) is 3.48. The molecule has 2 heterocycles. The monoisotopic (exact) mass is 424 g/mol. The van der Waals surface area contributed by atoms with Gasteiger partial charge in [-0.15, -0.1) is 0 Å². The van der Waals surface area contributed by atoms with Crippen molar-refractivity contribution in [2.75, 3.05) is 20.3 Å². The van der Waals surface area contributed by atoms with E-state index in [9.17, 15) is 0 Å². The van der Waals surface area contributed by atoms with E-state index in [1.807, 2.05) is 41.1 Å². The molecule has 2 aromatic carbocycles. The van der Waals surface area contributed by atoms with E-state index in [4.69, 9.17) is 29.5 Å². The van der Waals surface area contributed by atoms with E-state index in [1.54, 1.807) is 7.11 Å². The van der Waals surface area contributed by atoms with E-state index in [1.165, 1.54) is 5.56 Å². The SMILES string of the molecule is COc1ccc2cc1OCCn1nc(-c3ccccc3)nc1[C@@H](C)NCCC2.O=CO. The Balaban J connectivity index is 0.000000858. The molecule has 1 aromatic heterocycles. The molecule has 0 spiro atoms. The number of hydrogen-bond donors (Lipinski definition) is 2. The second kappa shape index (κ2) is 11.1. The number of hydrogen-bond acceptors (Lipinski definition) is 6. The minimum Gasteiger partial charge on any atom is -0.493 e. The predicted molar refractivity (Wildman–Crippen MR) is 117 cm³/mol. The summed E-state index contributed by atoms with van der Waals surface area (Å²) in [5.74, 6) is 3.22. The van der Waals surface area contributed by atoms with Crippen LogP contribution in [-0.2, 0) is 17.8 Å². The molecule has 4 rings (SSSR count). The minimum atomic E-state index is -0.250. The Morgan fingerprint density at radius 2 is 2.03 bits per heavy atom. The van der Waals surface area contributed by atoms with E-state index in [-0.39, 0.29) is 12.5 Å². The first-order valence-corrected chi connectivity index (χ1v) is 10.3. The maximum atomic E-state index is 8.36. The maximum absolute atomic E-state index is 8.36. The summed E-state index contributed by atoms with van der Waals surface area (Å²) in [6.45, 7) is 3.92. The third-order valence-electron chi connectivity index (χ3n) is 5.00. The van der Waals surface area contributed by atoms with E-state index in [0.717, 1.165) is 48.1 Å². The van der Waals surface area contributed by atoms with Gasteiger partial charge in [0.2, 0.25) is 0 Å². The van der Waals surface area contributed by atoms with Crippen molar-refractivity contribution in [3.63, 3.8) is 0 Å².